The summed E-state index contributed by atoms with van der Waals surface area (Å²) in [4.78, 5) is 15.7. The van der Waals surface area contributed by atoms with Crippen molar-refractivity contribution in [1.29, 1.82) is 0 Å². The lowest BCUT2D eigenvalue weighted by Gasteiger charge is -2.25. The molecule has 2 N–H and O–H groups in total. The predicted molar refractivity (Wildman–Crippen MR) is 124 cm³/mol. The minimum Gasteiger partial charge on any atom is -0.353 e. The summed E-state index contributed by atoms with van der Waals surface area (Å²) in [5.41, 5.74) is 0.784. The monoisotopic (exact) mass is 475 g/mol. The Morgan fingerprint density at radius 2 is 1.72 bits per heavy atom. The van der Waals surface area contributed by atoms with E-state index >= 15 is 0 Å². The van der Waals surface area contributed by atoms with Gasteiger partial charge in [-0.3, -0.25) is 4.79 Å². The minimum absolute atomic E-state index is 0.0560. The van der Waals surface area contributed by atoms with Crippen molar-refractivity contribution in [3.8, 4) is 0 Å². The smallest absolute Gasteiger partial charge is 0.244 e. The van der Waals surface area contributed by atoms with E-state index in [4.69, 9.17) is 0 Å². The molecule has 2 aromatic carbocycles. The molecule has 1 aromatic heterocycles. The van der Waals surface area contributed by atoms with Gasteiger partial charge in [0.1, 0.15) is 16.8 Å². The Kier molecular flexibility index (Phi) is 8.14. The summed E-state index contributed by atoms with van der Waals surface area (Å²) in [6.45, 7) is 0.305. The standard InChI is InChI=1S/C23H26FN3O3S2/c1-27(2)20(21-12-8-14-31-21)16-25-23(28)19(15-17-9-4-3-5-10-17)26-32(29,30)22-13-7-6-11-18(22)24/h3-14,19-20,26H,15-16H2,1-2H3,(H,25,28)/t19-,20+/m1/s1. The molecule has 6 nitrogen and oxygen atoms in total. The summed E-state index contributed by atoms with van der Waals surface area (Å²) in [5.74, 6) is -1.35. The number of hydrogen-bond acceptors (Lipinski definition) is 5. The van der Waals surface area contributed by atoms with Crippen LogP contribution in [0.5, 0.6) is 0 Å². The second kappa shape index (κ2) is 10.8. The molecule has 32 heavy (non-hydrogen) atoms. The minimum atomic E-state index is -4.25. The van der Waals surface area contributed by atoms with Crippen LogP contribution >= 0.6 is 11.3 Å². The number of halogens is 1. The molecule has 3 aromatic rings. The molecule has 0 fully saturated rings. The first-order valence-corrected chi connectivity index (χ1v) is 12.4. The Labute approximate surface area is 192 Å². The van der Waals surface area contributed by atoms with E-state index in [-0.39, 0.29) is 12.5 Å². The second-order valence-electron chi connectivity index (χ2n) is 7.53. The molecule has 1 heterocycles. The third-order valence-electron chi connectivity index (χ3n) is 4.99. The first-order chi connectivity index (χ1) is 15.3. The summed E-state index contributed by atoms with van der Waals surface area (Å²) in [7, 11) is -0.416. The highest BCUT2D eigenvalue weighted by atomic mass is 32.2. The molecule has 0 bridgehead atoms. The zero-order valence-electron chi connectivity index (χ0n) is 17.9. The number of benzene rings is 2. The van der Waals surface area contributed by atoms with Gasteiger partial charge in [-0.05, 0) is 49.7 Å². The number of amides is 1. The second-order valence-corrected chi connectivity index (χ2v) is 10.2. The Hall–Kier alpha value is -2.59. The zero-order valence-corrected chi connectivity index (χ0v) is 19.5. The predicted octanol–water partition coefficient (Wildman–Crippen LogP) is 3.20. The van der Waals surface area contributed by atoms with E-state index in [2.05, 4.69) is 10.0 Å². The van der Waals surface area contributed by atoms with Gasteiger partial charge in [-0.25, -0.2) is 12.8 Å². The fraction of sp³-hybridized carbons (Fsp3) is 0.261. The van der Waals surface area contributed by atoms with E-state index in [1.165, 1.54) is 18.2 Å². The molecule has 0 saturated heterocycles. The Balaban J connectivity index is 1.80. The average Bonchev–Trinajstić information content (AvgIpc) is 3.28. The van der Waals surface area contributed by atoms with E-state index in [0.29, 0.717) is 6.54 Å². The quantitative estimate of drug-likeness (QED) is 0.472. The van der Waals surface area contributed by atoms with E-state index in [0.717, 1.165) is 16.5 Å². The first-order valence-electron chi connectivity index (χ1n) is 10.1. The number of sulfonamides is 1. The highest BCUT2D eigenvalue weighted by Crippen LogP contribution is 2.22. The van der Waals surface area contributed by atoms with Crippen molar-refractivity contribution in [2.24, 2.45) is 0 Å². The Morgan fingerprint density at radius 3 is 2.34 bits per heavy atom. The lowest BCUT2D eigenvalue weighted by atomic mass is 10.1. The molecule has 170 valence electrons. The van der Waals surface area contributed by atoms with Gasteiger partial charge in [0, 0.05) is 11.4 Å². The molecule has 9 heteroatoms. The van der Waals surface area contributed by atoms with Crippen LogP contribution in [0.3, 0.4) is 0 Å². The first kappa shape index (κ1) is 24.1. The fourth-order valence-corrected chi connectivity index (χ4v) is 5.49. The molecule has 0 aliphatic rings. The lowest BCUT2D eigenvalue weighted by molar-refractivity contribution is -0.122. The topological polar surface area (TPSA) is 78.5 Å². The van der Waals surface area contributed by atoms with E-state index in [1.807, 2.05) is 66.8 Å². The van der Waals surface area contributed by atoms with E-state index in [9.17, 15) is 17.6 Å². The largest absolute Gasteiger partial charge is 0.353 e. The van der Waals surface area contributed by atoms with E-state index in [1.54, 1.807) is 11.3 Å². The molecule has 0 spiro atoms. The number of rotatable bonds is 10. The Morgan fingerprint density at radius 1 is 1.03 bits per heavy atom. The maximum absolute atomic E-state index is 14.1. The number of carbonyl (C=O) groups excluding carboxylic acids is 1. The molecule has 1 amide bonds. The van der Waals surface area contributed by atoms with E-state index < -0.39 is 32.7 Å². The summed E-state index contributed by atoms with van der Waals surface area (Å²) in [5, 5.41) is 4.83. The van der Waals surface area contributed by atoms with Crippen molar-refractivity contribution < 1.29 is 17.6 Å². The maximum Gasteiger partial charge on any atom is 0.244 e. The average molecular weight is 476 g/mol. The van der Waals surface area contributed by atoms with Crippen molar-refractivity contribution in [3.63, 3.8) is 0 Å². The summed E-state index contributed by atoms with van der Waals surface area (Å²) in [6.07, 6.45) is 0.131. The molecular weight excluding hydrogens is 449 g/mol. The number of thiophene rings is 1. The summed E-state index contributed by atoms with van der Waals surface area (Å²) >= 11 is 1.58. The van der Waals surface area contributed by atoms with Crippen molar-refractivity contribution >= 4 is 27.3 Å². The van der Waals surface area contributed by atoms with Gasteiger partial charge in [-0.15, -0.1) is 11.3 Å². The third-order valence-corrected chi connectivity index (χ3v) is 7.47. The molecule has 0 unspecified atom stereocenters. The molecular formula is C23H26FN3O3S2. The fourth-order valence-electron chi connectivity index (χ4n) is 3.29. The van der Waals surface area contributed by atoms with Crippen LogP contribution in [-0.4, -0.2) is 45.9 Å². The van der Waals surface area contributed by atoms with Crippen molar-refractivity contribution in [1.82, 2.24) is 14.9 Å². The van der Waals surface area contributed by atoms with Crippen LogP contribution in [0.25, 0.3) is 0 Å². The number of nitrogens with zero attached hydrogens (tertiary/aromatic N) is 1. The van der Waals surface area contributed by atoms with Crippen LogP contribution in [0.15, 0.2) is 77.0 Å². The molecule has 0 saturated carbocycles. The van der Waals surface area contributed by atoms with Crippen molar-refractivity contribution in [3.05, 3.63) is 88.4 Å². The molecule has 2 atom stereocenters. The Bertz CT molecular complexity index is 1120. The van der Waals surface area contributed by atoms with Crippen LogP contribution in [0.1, 0.15) is 16.5 Å². The van der Waals surface area contributed by atoms with Crippen LogP contribution in [-0.2, 0) is 21.2 Å². The number of hydrogen-bond donors (Lipinski definition) is 2. The zero-order chi connectivity index (χ0) is 23.1. The maximum atomic E-state index is 14.1. The van der Waals surface area contributed by atoms with Crippen molar-refractivity contribution in [2.75, 3.05) is 20.6 Å². The molecule has 0 radical (unpaired) electrons. The third kappa shape index (κ3) is 6.23. The van der Waals surface area contributed by atoms with Gasteiger partial charge < -0.3 is 10.2 Å². The normalized spacial score (nSPS) is 13.6. The highest BCUT2D eigenvalue weighted by Gasteiger charge is 2.28. The van der Waals surface area contributed by atoms with Crippen LogP contribution in [0, 0.1) is 5.82 Å². The number of nitrogens with one attached hydrogen (secondary N) is 2. The van der Waals surface area contributed by atoms with Crippen LogP contribution < -0.4 is 10.0 Å². The van der Waals surface area contributed by atoms with Gasteiger partial charge in [0.2, 0.25) is 15.9 Å². The van der Waals surface area contributed by atoms with Crippen LogP contribution in [0.2, 0.25) is 0 Å². The van der Waals surface area contributed by atoms with Gasteiger partial charge in [-0.1, -0.05) is 48.5 Å². The molecule has 3 rings (SSSR count). The van der Waals surface area contributed by atoms with Crippen molar-refractivity contribution in [2.45, 2.75) is 23.4 Å². The van der Waals surface area contributed by atoms with Gasteiger partial charge in [-0.2, -0.15) is 4.72 Å². The highest BCUT2D eigenvalue weighted by molar-refractivity contribution is 7.89. The number of likely N-dealkylation sites (N-methyl/N-ethyl adjacent to an activating group) is 1. The van der Waals surface area contributed by atoms with Gasteiger partial charge in [0.25, 0.3) is 0 Å². The SMILES string of the molecule is CN(C)[C@@H](CNC(=O)[C@@H](Cc1ccccc1)NS(=O)(=O)c1ccccc1F)c1cccs1. The van der Waals surface area contributed by atoms with Gasteiger partial charge in [0.05, 0.1) is 6.04 Å². The molecule has 0 aliphatic carbocycles. The van der Waals surface area contributed by atoms with Gasteiger partial charge >= 0.3 is 0 Å². The lowest BCUT2D eigenvalue weighted by Crippen LogP contribution is -2.49. The molecule has 0 aliphatic heterocycles. The number of carbonyl (C=O) groups is 1. The summed E-state index contributed by atoms with van der Waals surface area (Å²) < 4.78 is 42.2. The summed E-state index contributed by atoms with van der Waals surface area (Å²) in [6, 6.07) is 17.0. The van der Waals surface area contributed by atoms with Crippen LogP contribution in [0.4, 0.5) is 4.39 Å². The van der Waals surface area contributed by atoms with Gasteiger partial charge in [0.15, 0.2) is 0 Å².